The molecule has 0 aliphatic carbocycles. The average molecular weight is 340 g/mol. The lowest BCUT2D eigenvalue weighted by Crippen LogP contribution is -1.95. The Balaban J connectivity index is 1.93. The third-order valence-electron chi connectivity index (χ3n) is 3.67. The number of carboxylic acid groups (broad SMARTS) is 1. The van der Waals surface area contributed by atoms with Gasteiger partial charge in [0.25, 0.3) is 0 Å². The van der Waals surface area contributed by atoms with Crippen LogP contribution in [0.3, 0.4) is 0 Å². The van der Waals surface area contributed by atoms with Crippen LogP contribution in [0.1, 0.15) is 10.4 Å². The van der Waals surface area contributed by atoms with Crippen molar-refractivity contribution >= 4 is 17.6 Å². The first-order valence-corrected chi connectivity index (χ1v) is 7.60. The number of ether oxygens (including phenoxy) is 1. The first kappa shape index (κ1) is 16.0. The van der Waals surface area contributed by atoms with Gasteiger partial charge in [-0.3, -0.25) is 0 Å². The number of benzene rings is 2. The molecule has 2 aromatic carbocycles. The van der Waals surface area contributed by atoms with E-state index < -0.39 is 5.97 Å². The van der Waals surface area contributed by atoms with E-state index in [1.807, 2.05) is 30.3 Å². The molecule has 5 heteroatoms. The fourth-order valence-corrected chi connectivity index (χ4v) is 2.60. The number of methoxy groups -OCH3 is 1. The highest BCUT2D eigenvalue weighted by Gasteiger charge is 2.09. The highest BCUT2D eigenvalue weighted by molar-refractivity contribution is 6.30. The molecule has 0 aliphatic rings. The van der Waals surface area contributed by atoms with E-state index in [0.29, 0.717) is 10.9 Å². The number of carboxylic acids is 1. The molecule has 4 nitrogen and oxygen atoms in total. The van der Waals surface area contributed by atoms with Crippen molar-refractivity contribution in [2.24, 2.45) is 0 Å². The maximum absolute atomic E-state index is 10.9. The molecule has 0 bridgehead atoms. The molecular formula is C19H14ClNO3. The predicted octanol–water partition coefficient (Wildman–Crippen LogP) is 4.78. The minimum atomic E-state index is -0.933. The van der Waals surface area contributed by atoms with Crippen molar-refractivity contribution in [3.63, 3.8) is 0 Å². The van der Waals surface area contributed by atoms with Crippen LogP contribution in [0.2, 0.25) is 5.02 Å². The second-order valence-electron chi connectivity index (χ2n) is 5.17. The van der Waals surface area contributed by atoms with Crippen molar-refractivity contribution in [1.29, 1.82) is 0 Å². The minimum absolute atomic E-state index is 0.269. The van der Waals surface area contributed by atoms with Gasteiger partial charge in [-0.2, -0.15) is 0 Å². The molecule has 120 valence electrons. The van der Waals surface area contributed by atoms with E-state index in [0.717, 1.165) is 22.3 Å². The van der Waals surface area contributed by atoms with Crippen LogP contribution in [0.5, 0.6) is 5.88 Å². The van der Waals surface area contributed by atoms with Crippen molar-refractivity contribution in [1.82, 2.24) is 4.98 Å². The molecule has 0 fully saturated rings. The Morgan fingerprint density at radius 3 is 2.08 bits per heavy atom. The van der Waals surface area contributed by atoms with Gasteiger partial charge in [0, 0.05) is 11.8 Å². The van der Waals surface area contributed by atoms with E-state index in [-0.39, 0.29) is 5.56 Å². The summed E-state index contributed by atoms with van der Waals surface area (Å²) >= 11 is 6.03. The topological polar surface area (TPSA) is 59.4 Å². The van der Waals surface area contributed by atoms with Gasteiger partial charge in [0.2, 0.25) is 5.88 Å². The predicted molar refractivity (Wildman–Crippen MR) is 93.6 cm³/mol. The molecule has 0 spiro atoms. The monoisotopic (exact) mass is 339 g/mol. The second-order valence-corrected chi connectivity index (χ2v) is 5.61. The third-order valence-corrected chi connectivity index (χ3v) is 3.88. The number of carbonyl (C=O) groups is 1. The Morgan fingerprint density at radius 2 is 1.54 bits per heavy atom. The van der Waals surface area contributed by atoms with Gasteiger partial charge in [0.15, 0.2) is 0 Å². The molecule has 0 saturated carbocycles. The van der Waals surface area contributed by atoms with E-state index in [1.165, 1.54) is 0 Å². The Bertz CT molecular complexity index is 874. The van der Waals surface area contributed by atoms with Gasteiger partial charge < -0.3 is 9.84 Å². The average Bonchev–Trinajstić information content (AvgIpc) is 2.62. The molecule has 1 heterocycles. The summed E-state index contributed by atoms with van der Waals surface area (Å²) in [6.45, 7) is 0. The van der Waals surface area contributed by atoms with Gasteiger partial charge in [0.05, 0.1) is 17.7 Å². The summed E-state index contributed by atoms with van der Waals surface area (Å²) < 4.78 is 5.28. The Morgan fingerprint density at radius 1 is 1.00 bits per heavy atom. The van der Waals surface area contributed by atoms with Gasteiger partial charge in [-0.05, 0) is 34.9 Å². The van der Waals surface area contributed by atoms with Crippen LogP contribution in [-0.2, 0) is 0 Å². The van der Waals surface area contributed by atoms with Crippen LogP contribution in [-0.4, -0.2) is 23.2 Å². The summed E-state index contributed by atoms with van der Waals surface area (Å²) in [4.78, 5) is 15.1. The van der Waals surface area contributed by atoms with Crippen LogP contribution in [0.4, 0.5) is 0 Å². The molecular weight excluding hydrogens is 326 g/mol. The smallest absolute Gasteiger partial charge is 0.335 e. The van der Waals surface area contributed by atoms with Crippen molar-refractivity contribution in [3.05, 3.63) is 71.4 Å². The number of pyridine rings is 1. The molecule has 24 heavy (non-hydrogen) atoms. The number of nitrogens with zero attached hydrogens (tertiary/aromatic N) is 1. The van der Waals surface area contributed by atoms with E-state index in [4.69, 9.17) is 21.4 Å². The summed E-state index contributed by atoms with van der Waals surface area (Å²) in [5, 5.41) is 9.49. The van der Waals surface area contributed by atoms with Crippen molar-refractivity contribution < 1.29 is 14.6 Å². The molecule has 0 saturated heterocycles. The maximum atomic E-state index is 10.9. The van der Waals surface area contributed by atoms with Crippen LogP contribution < -0.4 is 4.74 Å². The molecule has 0 aliphatic heterocycles. The molecule has 1 N–H and O–H groups in total. The molecule has 0 radical (unpaired) electrons. The Hall–Kier alpha value is -2.85. The summed E-state index contributed by atoms with van der Waals surface area (Å²) in [5.41, 5.74) is 3.96. The van der Waals surface area contributed by atoms with Gasteiger partial charge in [0.1, 0.15) is 0 Å². The number of hydrogen-bond donors (Lipinski definition) is 1. The minimum Gasteiger partial charge on any atom is -0.481 e. The molecule has 0 atom stereocenters. The third kappa shape index (κ3) is 3.24. The van der Waals surface area contributed by atoms with Gasteiger partial charge in [-0.1, -0.05) is 48.0 Å². The second kappa shape index (κ2) is 6.72. The zero-order chi connectivity index (χ0) is 17.1. The van der Waals surface area contributed by atoms with Crippen molar-refractivity contribution in [2.75, 3.05) is 7.11 Å². The quantitative estimate of drug-likeness (QED) is 0.743. The fraction of sp³-hybridized carbons (Fsp3) is 0.0526. The van der Waals surface area contributed by atoms with Crippen molar-refractivity contribution in [2.45, 2.75) is 0 Å². The number of aromatic nitrogens is 1. The first-order chi connectivity index (χ1) is 11.6. The maximum Gasteiger partial charge on any atom is 0.335 e. The standard InChI is InChI=1S/C19H14ClNO3/c1-24-18-17(10-16(20)11-21-18)14-6-2-12(3-7-14)13-4-8-15(9-5-13)19(22)23/h2-11H,1H3,(H,22,23). The lowest BCUT2D eigenvalue weighted by Gasteiger charge is -2.09. The Kier molecular flexibility index (Phi) is 4.49. The first-order valence-electron chi connectivity index (χ1n) is 7.22. The molecule has 3 aromatic rings. The molecule has 0 unspecified atom stereocenters. The lowest BCUT2D eigenvalue weighted by atomic mass is 10.00. The fourth-order valence-electron chi connectivity index (χ4n) is 2.44. The number of rotatable bonds is 4. The summed E-state index contributed by atoms with van der Waals surface area (Å²) in [5.74, 6) is -0.421. The van der Waals surface area contributed by atoms with Crippen LogP contribution >= 0.6 is 11.6 Å². The molecule has 1 aromatic heterocycles. The van der Waals surface area contributed by atoms with E-state index in [1.54, 1.807) is 37.6 Å². The normalized spacial score (nSPS) is 10.4. The van der Waals surface area contributed by atoms with Gasteiger partial charge in [-0.15, -0.1) is 0 Å². The SMILES string of the molecule is COc1ncc(Cl)cc1-c1ccc(-c2ccc(C(=O)O)cc2)cc1. The van der Waals surface area contributed by atoms with Crippen molar-refractivity contribution in [3.8, 4) is 28.1 Å². The molecule has 3 rings (SSSR count). The van der Waals surface area contributed by atoms with E-state index in [9.17, 15) is 4.79 Å². The van der Waals surface area contributed by atoms with Crippen LogP contribution in [0.25, 0.3) is 22.3 Å². The van der Waals surface area contributed by atoms with Gasteiger partial charge >= 0.3 is 5.97 Å². The van der Waals surface area contributed by atoms with Crippen LogP contribution in [0.15, 0.2) is 60.8 Å². The number of halogens is 1. The lowest BCUT2D eigenvalue weighted by molar-refractivity contribution is 0.0697. The Labute approximate surface area is 144 Å². The zero-order valence-electron chi connectivity index (χ0n) is 12.9. The van der Waals surface area contributed by atoms with E-state index >= 15 is 0 Å². The zero-order valence-corrected chi connectivity index (χ0v) is 13.6. The highest BCUT2D eigenvalue weighted by Crippen LogP contribution is 2.32. The summed E-state index contributed by atoms with van der Waals surface area (Å²) in [7, 11) is 1.57. The molecule has 0 amide bonds. The number of hydrogen-bond acceptors (Lipinski definition) is 3. The summed E-state index contributed by atoms with van der Waals surface area (Å²) in [6.07, 6.45) is 1.54. The highest BCUT2D eigenvalue weighted by atomic mass is 35.5. The summed E-state index contributed by atoms with van der Waals surface area (Å²) in [6, 6.07) is 16.4. The van der Waals surface area contributed by atoms with Gasteiger partial charge in [-0.25, -0.2) is 9.78 Å². The van der Waals surface area contributed by atoms with E-state index in [2.05, 4.69) is 4.98 Å². The largest absolute Gasteiger partial charge is 0.481 e. The van der Waals surface area contributed by atoms with Crippen LogP contribution in [0, 0.1) is 0 Å². The number of aromatic carboxylic acids is 1.